The Bertz CT molecular complexity index is 784. The number of hydrogen-bond acceptors (Lipinski definition) is 8. The third-order valence-electron chi connectivity index (χ3n) is 4.83. The van der Waals surface area contributed by atoms with Crippen LogP contribution in [0, 0.1) is 0 Å². The molecular weight excluding hydrogens is 466 g/mol. The lowest BCUT2D eigenvalue weighted by atomic mass is 10.0. The Morgan fingerprint density at radius 1 is 0.848 bits per heavy atom. The zero-order chi connectivity index (χ0) is 24.8. The quantitative estimate of drug-likeness (QED) is 0.114. The molecule has 4 atom stereocenters. The molecule has 3 amide bonds. The average molecular weight is 500 g/mol. The van der Waals surface area contributed by atoms with Crippen molar-refractivity contribution >= 4 is 48.9 Å². The van der Waals surface area contributed by atoms with Crippen LogP contribution in [0.3, 0.4) is 0 Å². The van der Waals surface area contributed by atoms with Crippen LogP contribution in [0.1, 0.15) is 24.8 Å². The van der Waals surface area contributed by atoms with Crippen molar-refractivity contribution in [1.82, 2.24) is 16.0 Å². The number of nitrogens with one attached hydrogen (secondary N) is 3. The van der Waals surface area contributed by atoms with Gasteiger partial charge in [0.25, 0.3) is 0 Å². The molecule has 1 aromatic carbocycles. The number of rotatable bonds is 15. The molecule has 8 N–H and O–H groups in total. The molecule has 0 fully saturated rings. The van der Waals surface area contributed by atoms with Crippen molar-refractivity contribution in [2.24, 2.45) is 11.5 Å². The van der Waals surface area contributed by atoms with Gasteiger partial charge in [0.1, 0.15) is 18.1 Å². The van der Waals surface area contributed by atoms with Crippen LogP contribution in [-0.2, 0) is 25.6 Å². The summed E-state index contributed by atoms with van der Waals surface area (Å²) in [5.74, 6) is -2.99. The van der Waals surface area contributed by atoms with E-state index in [1.165, 1.54) is 0 Å². The van der Waals surface area contributed by atoms with E-state index >= 15 is 0 Å². The lowest BCUT2D eigenvalue weighted by Gasteiger charge is -2.24. The first-order valence-corrected chi connectivity index (χ1v) is 11.8. The second kappa shape index (κ2) is 15.5. The van der Waals surface area contributed by atoms with Crippen molar-refractivity contribution in [3.63, 3.8) is 0 Å². The van der Waals surface area contributed by atoms with Gasteiger partial charge in [-0.25, -0.2) is 4.79 Å². The first-order chi connectivity index (χ1) is 15.7. The number of amides is 3. The van der Waals surface area contributed by atoms with Crippen molar-refractivity contribution < 1.29 is 24.3 Å². The van der Waals surface area contributed by atoms with Crippen LogP contribution in [0.4, 0.5) is 0 Å². The van der Waals surface area contributed by atoms with E-state index in [0.717, 1.165) is 5.56 Å². The number of thiol groups is 2. The van der Waals surface area contributed by atoms with E-state index < -0.39 is 47.9 Å². The van der Waals surface area contributed by atoms with Crippen LogP contribution >= 0.6 is 25.3 Å². The highest BCUT2D eigenvalue weighted by atomic mass is 32.1. The summed E-state index contributed by atoms with van der Waals surface area (Å²) in [7, 11) is 0. The van der Waals surface area contributed by atoms with Gasteiger partial charge >= 0.3 is 5.97 Å². The third kappa shape index (κ3) is 10.5. The Morgan fingerprint density at radius 3 is 1.97 bits per heavy atom. The molecule has 1 rings (SSSR count). The van der Waals surface area contributed by atoms with Gasteiger partial charge in [-0.2, -0.15) is 25.3 Å². The van der Waals surface area contributed by atoms with E-state index in [9.17, 15) is 24.3 Å². The SMILES string of the molecule is NCCCCC(NC(=O)C(Cc1ccccc1)NC(=O)C(CS)NC(=O)C(N)CS)C(=O)O. The number of aliphatic carboxylic acids is 1. The van der Waals surface area contributed by atoms with E-state index in [0.29, 0.717) is 19.4 Å². The highest BCUT2D eigenvalue weighted by molar-refractivity contribution is 7.80. The Morgan fingerprint density at radius 2 is 1.42 bits per heavy atom. The Hall–Kier alpha value is -2.28. The van der Waals surface area contributed by atoms with E-state index in [2.05, 4.69) is 41.2 Å². The zero-order valence-corrected chi connectivity index (χ0v) is 20.1. The summed E-state index contributed by atoms with van der Waals surface area (Å²) in [5, 5.41) is 17.0. The smallest absolute Gasteiger partial charge is 0.326 e. The monoisotopic (exact) mass is 499 g/mol. The summed E-state index contributed by atoms with van der Waals surface area (Å²) >= 11 is 8.07. The Labute approximate surface area is 204 Å². The molecule has 184 valence electrons. The minimum Gasteiger partial charge on any atom is -0.480 e. The van der Waals surface area contributed by atoms with Crippen molar-refractivity contribution in [2.45, 2.75) is 49.9 Å². The third-order valence-corrected chi connectivity index (χ3v) is 5.58. The fraction of sp³-hybridized carbons (Fsp3) is 0.524. The summed E-state index contributed by atoms with van der Waals surface area (Å²) in [6, 6.07) is 4.81. The summed E-state index contributed by atoms with van der Waals surface area (Å²) in [6.07, 6.45) is 1.49. The number of hydrogen-bond donors (Lipinski definition) is 8. The minimum atomic E-state index is -1.17. The lowest BCUT2D eigenvalue weighted by molar-refractivity contribution is -0.142. The second-order valence-corrected chi connectivity index (χ2v) is 8.20. The van der Waals surface area contributed by atoms with Crippen LogP contribution in [0.25, 0.3) is 0 Å². The minimum absolute atomic E-state index is 0.0343. The molecule has 4 unspecified atom stereocenters. The fourth-order valence-electron chi connectivity index (χ4n) is 2.91. The first kappa shape index (κ1) is 28.8. The molecular formula is C21H33N5O5S2. The van der Waals surface area contributed by atoms with Gasteiger partial charge in [0.15, 0.2) is 0 Å². The summed E-state index contributed by atoms with van der Waals surface area (Å²) in [6.45, 7) is 0.417. The molecule has 0 saturated carbocycles. The van der Waals surface area contributed by atoms with Crippen molar-refractivity contribution in [1.29, 1.82) is 0 Å². The van der Waals surface area contributed by atoms with E-state index in [4.69, 9.17) is 11.5 Å². The fourth-order valence-corrected chi connectivity index (χ4v) is 3.33. The standard InChI is InChI=1S/C21H33N5O5S2/c22-9-5-4-8-15(21(30)31)24-19(28)16(10-13-6-2-1-3-7-13)25-20(29)17(12-33)26-18(27)14(23)11-32/h1-3,6-7,14-17,32-33H,4-5,8-12,22-23H2,(H,24,28)(H,25,29)(H,26,27)(H,30,31). The van der Waals surface area contributed by atoms with E-state index in [1.54, 1.807) is 24.3 Å². The summed E-state index contributed by atoms with van der Waals surface area (Å²) < 4.78 is 0. The molecule has 0 radical (unpaired) electrons. The Kier molecular flexibility index (Phi) is 13.5. The predicted molar refractivity (Wildman–Crippen MR) is 132 cm³/mol. The highest BCUT2D eigenvalue weighted by Gasteiger charge is 2.29. The molecule has 0 aliphatic rings. The van der Waals surface area contributed by atoms with E-state index in [-0.39, 0.29) is 24.3 Å². The van der Waals surface area contributed by atoms with Gasteiger partial charge in [0.2, 0.25) is 17.7 Å². The number of carboxylic acids is 1. The Balaban J connectivity index is 2.98. The van der Waals surface area contributed by atoms with Gasteiger partial charge < -0.3 is 32.5 Å². The number of unbranched alkanes of at least 4 members (excludes halogenated alkanes) is 1. The molecule has 0 saturated heterocycles. The van der Waals surface area contributed by atoms with Crippen LogP contribution in [0.2, 0.25) is 0 Å². The van der Waals surface area contributed by atoms with Gasteiger partial charge in [-0.15, -0.1) is 0 Å². The zero-order valence-electron chi connectivity index (χ0n) is 18.3. The second-order valence-electron chi connectivity index (χ2n) is 7.47. The largest absolute Gasteiger partial charge is 0.480 e. The predicted octanol–water partition coefficient (Wildman–Crippen LogP) is -0.916. The number of benzene rings is 1. The molecule has 0 aliphatic heterocycles. The topological polar surface area (TPSA) is 177 Å². The number of nitrogens with two attached hydrogens (primary N) is 2. The maximum atomic E-state index is 13.0. The number of carbonyl (C=O) groups is 4. The van der Waals surface area contributed by atoms with Gasteiger partial charge in [-0.1, -0.05) is 30.3 Å². The first-order valence-electron chi connectivity index (χ1n) is 10.6. The highest BCUT2D eigenvalue weighted by Crippen LogP contribution is 2.07. The van der Waals surface area contributed by atoms with Gasteiger partial charge in [0, 0.05) is 17.9 Å². The number of carboxylic acid groups (broad SMARTS) is 1. The molecule has 1 aromatic rings. The van der Waals surface area contributed by atoms with Crippen molar-refractivity contribution in [3.05, 3.63) is 35.9 Å². The van der Waals surface area contributed by atoms with E-state index in [1.807, 2.05) is 6.07 Å². The van der Waals surface area contributed by atoms with Crippen LogP contribution < -0.4 is 27.4 Å². The lowest BCUT2D eigenvalue weighted by Crippen LogP contribution is -2.58. The van der Waals surface area contributed by atoms with Crippen LogP contribution in [0.5, 0.6) is 0 Å². The summed E-state index contributed by atoms with van der Waals surface area (Å²) in [5.41, 5.74) is 11.8. The normalized spacial score (nSPS) is 14.4. The van der Waals surface area contributed by atoms with Crippen LogP contribution in [-0.4, -0.2) is 71.0 Å². The summed E-state index contributed by atoms with van der Waals surface area (Å²) in [4.78, 5) is 49.4. The van der Waals surface area contributed by atoms with Crippen molar-refractivity contribution in [3.8, 4) is 0 Å². The molecule has 0 heterocycles. The van der Waals surface area contributed by atoms with Gasteiger partial charge in [-0.3, -0.25) is 14.4 Å². The molecule has 0 aromatic heterocycles. The molecule has 10 nitrogen and oxygen atoms in total. The van der Waals surface area contributed by atoms with Gasteiger partial charge in [0.05, 0.1) is 6.04 Å². The van der Waals surface area contributed by atoms with Crippen LogP contribution in [0.15, 0.2) is 30.3 Å². The molecule has 0 aliphatic carbocycles. The number of carbonyl (C=O) groups excluding carboxylic acids is 3. The maximum absolute atomic E-state index is 13.0. The molecule has 0 spiro atoms. The van der Waals surface area contributed by atoms with Gasteiger partial charge in [-0.05, 0) is 31.4 Å². The van der Waals surface area contributed by atoms with Crippen molar-refractivity contribution in [2.75, 3.05) is 18.1 Å². The molecule has 12 heteroatoms. The molecule has 33 heavy (non-hydrogen) atoms. The maximum Gasteiger partial charge on any atom is 0.326 e. The average Bonchev–Trinajstić information content (AvgIpc) is 2.81. The molecule has 0 bridgehead atoms.